The van der Waals surface area contributed by atoms with E-state index in [0.29, 0.717) is 6.54 Å². The molecule has 0 saturated carbocycles. The minimum atomic E-state index is -0.0329. The number of rotatable bonds is 2. The Labute approximate surface area is 124 Å². The molecule has 0 aliphatic heterocycles. The first kappa shape index (κ1) is 14.7. The highest BCUT2D eigenvalue weighted by Crippen LogP contribution is 2.04. The number of amides is 1. The summed E-state index contributed by atoms with van der Waals surface area (Å²) in [5.41, 5.74) is 1.12. The average molecular weight is 357 g/mol. The van der Waals surface area contributed by atoms with E-state index in [9.17, 15) is 4.79 Å². The molecule has 0 bridgehead atoms. The lowest BCUT2D eigenvalue weighted by Crippen LogP contribution is -3.00. The summed E-state index contributed by atoms with van der Waals surface area (Å²) < 4.78 is 3.41. The Hall–Kier alpha value is -1.37. The Bertz CT molecular complexity index is 510. The van der Waals surface area contributed by atoms with Crippen molar-refractivity contribution in [3.8, 4) is 0 Å². The molecule has 0 unspecified atom stereocenters. The number of carbonyl (C=O) groups excluding carboxylic acids is 1. The van der Waals surface area contributed by atoms with Crippen molar-refractivity contribution in [1.29, 1.82) is 0 Å². The van der Waals surface area contributed by atoms with Crippen LogP contribution in [0.2, 0.25) is 0 Å². The number of benzene rings is 1. The molecule has 18 heavy (non-hydrogen) atoms. The fourth-order valence-electron chi connectivity index (χ4n) is 1.69. The van der Waals surface area contributed by atoms with Crippen molar-refractivity contribution >= 4 is 6.03 Å². The summed E-state index contributed by atoms with van der Waals surface area (Å²) in [6, 6.07) is 9.91. The lowest BCUT2D eigenvalue weighted by molar-refractivity contribution is -0.670. The zero-order chi connectivity index (χ0) is 12.3. The highest BCUT2D eigenvalue weighted by molar-refractivity contribution is 5.76. The summed E-state index contributed by atoms with van der Waals surface area (Å²) in [6.07, 6.45) is 5.35. The Morgan fingerprint density at radius 2 is 2.00 bits per heavy atom. The molecule has 0 saturated heterocycles. The first-order chi connectivity index (χ1) is 8.16. The monoisotopic (exact) mass is 357 g/mol. The highest BCUT2D eigenvalue weighted by atomic mass is 127. The lowest BCUT2D eigenvalue weighted by Gasteiger charge is -2.13. The molecule has 0 radical (unpaired) electrons. The van der Waals surface area contributed by atoms with E-state index in [4.69, 9.17) is 0 Å². The SMILES string of the molecule is CN(Cc1ccccc1)C(=O)n1cc[n+](C)c1.[I-]. The molecule has 0 aliphatic carbocycles. The molecule has 0 atom stereocenters. The van der Waals surface area contributed by atoms with Crippen molar-refractivity contribution < 1.29 is 33.3 Å². The van der Waals surface area contributed by atoms with Gasteiger partial charge in [-0.15, -0.1) is 0 Å². The van der Waals surface area contributed by atoms with Crippen molar-refractivity contribution in [3.63, 3.8) is 0 Å². The van der Waals surface area contributed by atoms with Gasteiger partial charge in [-0.3, -0.25) is 0 Å². The number of aromatic nitrogens is 2. The zero-order valence-corrected chi connectivity index (χ0v) is 12.6. The Balaban J connectivity index is 0.00000162. The average Bonchev–Trinajstić information content (AvgIpc) is 2.76. The molecule has 4 nitrogen and oxygen atoms in total. The number of halogens is 1. The first-order valence-corrected chi connectivity index (χ1v) is 5.49. The molecule has 96 valence electrons. The maximum Gasteiger partial charge on any atom is 0.415 e. The number of carbonyl (C=O) groups is 1. The van der Waals surface area contributed by atoms with Crippen LogP contribution in [0.3, 0.4) is 0 Å². The van der Waals surface area contributed by atoms with Gasteiger partial charge in [0.15, 0.2) is 0 Å². The molecule has 0 fully saturated rings. The van der Waals surface area contributed by atoms with E-state index in [0.717, 1.165) is 5.56 Å². The van der Waals surface area contributed by atoms with Crippen molar-refractivity contribution in [1.82, 2.24) is 9.47 Å². The number of hydrogen-bond donors (Lipinski definition) is 0. The Morgan fingerprint density at radius 1 is 1.33 bits per heavy atom. The van der Waals surface area contributed by atoms with Crippen LogP contribution in [0.5, 0.6) is 0 Å². The number of hydrogen-bond acceptors (Lipinski definition) is 1. The van der Waals surface area contributed by atoms with Crippen molar-refractivity contribution in [3.05, 3.63) is 54.6 Å². The fraction of sp³-hybridized carbons (Fsp3) is 0.231. The molecular formula is C13H16IN3O. The van der Waals surface area contributed by atoms with E-state index in [1.165, 1.54) is 0 Å². The van der Waals surface area contributed by atoms with Gasteiger partial charge in [0.2, 0.25) is 0 Å². The second-order valence-electron chi connectivity index (χ2n) is 4.11. The lowest BCUT2D eigenvalue weighted by atomic mass is 10.2. The van der Waals surface area contributed by atoms with Gasteiger partial charge in [0.25, 0.3) is 6.33 Å². The van der Waals surface area contributed by atoms with Crippen LogP contribution in [0.1, 0.15) is 5.56 Å². The summed E-state index contributed by atoms with van der Waals surface area (Å²) in [4.78, 5) is 13.7. The quantitative estimate of drug-likeness (QED) is 0.471. The summed E-state index contributed by atoms with van der Waals surface area (Å²) >= 11 is 0. The summed E-state index contributed by atoms with van der Waals surface area (Å²) in [6.45, 7) is 0.613. The molecule has 0 spiro atoms. The van der Waals surface area contributed by atoms with E-state index in [1.54, 1.807) is 29.0 Å². The largest absolute Gasteiger partial charge is 1.00 e. The van der Waals surface area contributed by atoms with Crippen molar-refractivity contribution in [2.75, 3.05) is 7.05 Å². The normalized spacial score (nSPS) is 9.67. The van der Waals surface area contributed by atoms with Crippen molar-refractivity contribution in [2.45, 2.75) is 6.54 Å². The van der Waals surface area contributed by atoms with Gasteiger partial charge in [-0.1, -0.05) is 30.3 Å². The minimum absolute atomic E-state index is 0. The third-order valence-electron chi connectivity index (χ3n) is 2.58. The number of imidazole rings is 1. The van der Waals surface area contributed by atoms with E-state index < -0.39 is 0 Å². The second-order valence-corrected chi connectivity index (χ2v) is 4.11. The smallest absolute Gasteiger partial charge is 0.415 e. The van der Waals surface area contributed by atoms with E-state index >= 15 is 0 Å². The topological polar surface area (TPSA) is 29.1 Å². The Morgan fingerprint density at radius 3 is 2.56 bits per heavy atom. The standard InChI is InChI=1S/C13H16N3O.HI/c1-14-8-9-16(11-14)13(17)15(2)10-12-6-4-3-5-7-12;/h3-9,11H,10H2,1-2H3;1H/q+1;/p-1. The van der Waals surface area contributed by atoms with Crippen LogP contribution in [0.25, 0.3) is 0 Å². The van der Waals surface area contributed by atoms with E-state index in [-0.39, 0.29) is 30.0 Å². The maximum absolute atomic E-state index is 12.0. The molecule has 0 N–H and O–H groups in total. The predicted molar refractivity (Wildman–Crippen MR) is 64.3 cm³/mol. The molecule has 1 aromatic carbocycles. The van der Waals surface area contributed by atoms with Gasteiger partial charge in [-0.05, 0) is 5.56 Å². The van der Waals surface area contributed by atoms with Crippen LogP contribution in [-0.2, 0) is 13.6 Å². The Kier molecular flexibility index (Phi) is 5.33. The van der Waals surface area contributed by atoms with E-state index in [2.05, 4.69) is 0 Å². The van der Waals surface area contributed by atoms with Crippen LogP contribution < -0.4 is 28.5 Å². The van der Waals surface area contributed by atoms with Gasteiger partial charge in [-0.2, -0.15) is 4.57 Å². The van der Waals surface area contributed by atoms with Crippen LogP contribution in [-0.4, -0.2) is 22.5 Å². The predicted octanol–water partition coefficient (Wildman–Crippen LogP) is -1.58. The minimum Gasteiger partial charge on any atom is -1.00 e. The third-order valence-corrected chi connectivity index (χ3v) is 2.58. The number of nitrogens with zero attached hydrogens (tertiary/aromatic N) is 3. The van der Waals surface area contributed by atoms with Crippen LogP contribution in [0.15, 0.2) is 49.1 Å². The molecule has 5 heteroatoms. The fourth-order valence-corrected chi connectivity index (χ4v) is 1.69. The summed E-state index contributed by atoms with van der Waals surface area (Å²) in [5, 5.41) is 0. The highest BCUT2D eigenvalue weighted by Gasteiger charge is 2.16. The molecule has 0 aliphatic rings. The molecule has 2 rings (SSSR count). The van der Waals surface area contributed by atoms with Crippen LogP contribution in [0, 0.1) is 0 Å². The summed E-state index contributed by atoms with van der Waals surface area (Å²) in [7, 11) is 3.69. The zero-order valence-electron chi connectivity index (χ0n) is 10.5. The molecule has 2 aromatic rings. The molecular weight excluding hydrogens is 341 g/mol. The maximum atomic E-state index is 12.0. The molecule has 1 aromatic heterocycles. The second kappa shape index (κ2) is 6.53. The van der Waals surface area contributed by atoms with Gasteiger partial charge in [0.05, 0.1) is 7.05 Å². The van der Waals surface area contributed by atoms with Gasteiger partial charge < -0.3 is 28.9 Å². The molecule has 1 heterocycles. The van der Waals surface area contributed by atoms with Gasteiger partial charge in [0.1, 0.15) is 12.4 Å². The van der Waals surface area contributed by atoms with Gasteiger partial charge >= 0.3 is 6.03 Å². The van der Waals surface area contributed by atoms with Crippen molar-refractivity contribution in [2.24, 2.45) is 7.05 Å². The first-order valence-electron chi connectivity index (χ1n) is 5.49. The number of aryl methyl sites for hydroxylation is 1. The van der Waals surface area contributed by atoms with Crippen LogP contribution in [0.4, 0.5) is 4.79 Å². The summed E-state index contributed by atoms with van der Waals surface area (Å²) in [5.74, 6) is 0. The van der Waals surface area contributed by atoms with Gasteiger partial charge in [-0.25, -0.2) is 9.36 Å². The molecule has 1 amide bonds. The van der Waals surface area contributed by atoms with Gasteiger partial charge in [0, 0.05) is 13.6 Å². The third kappa shape index (κ3) is 3.56. The van der Waals surface area contributed by atoms with E-state index in [1.807, 2.05) is 48.1 Å². The van der Waals surface area contributed by atoms with Crippen LogP contribution >= 0.6 is 0 Å².